The number of amides is 2. The lowest BCUT2D eigenvalue weighted by Crippen LogP contribution is -2.52. The van der Waals surface area contributed by atoms with Gasteiger partial charge in [-0.05, 0) is 18.6 Å². The number of anilines is 1. The van der Waals surface area contributed by atoms with Crippen LogP contribution in [0.3, 0.4) is 0 Å². The Bertz CT molecular complexity index is 969. The van der Waals surface area contributed by atoms with E-state index in [1.807, 2.05) is 24.3 Å². The Balaban J connectivity index is 1.42. The van der Waals surface area contributed by atoms with Gasteiger partial charge in [0.1, 0.15) is 11.5 Å². The second-order valence-electron chi connectivity index (χ2n) is 7.79. The number of carbonyl (C=O) groups excluding carboxylic acids is 2. The van der Waals surface area contributed by atoms with Gasteiger partial charge in [0.05, 0.1) is 30.3 Å². The molecule has 1 aromatic carbocycles. The van der Waals surface area contributed by atoms with Gasteiger partial charge in [-0.15, -0.1) is 0 Å². The standard InChI is InChI=1S/C20H26N4O5S/c1-29-18-5-3-2-4-17(18)22-9-11-23(12-10-22)20(26)16-6-7-19(25)24(21-16)15-8-13-30(27,28)14-15/h2-5,15H,6-14H2,1H3. The van der Waals surface area contributed by atoms with Crippen LogP contribution in [0.15, 0.2) is 29.4 Å². The van der Waals surface area contributed by atoms with Crippen molar-refractivity contribution in [2.24, 2.45) is 5.10 Å². The van der Waals surface area contributed by atoms with Crippen molar-refractivity contribution in [2.45, 2.75) is 25.3 Å². The van der Waals surface area contributed by atoms with Crippen LogP contribution in [0.25, 0.3) is 0 Å². The Morgan fingerprint density at radius 3 is 2.53 bits per heavy atom. The summed E-state index contributed by atoms with van der Waals surface area (Å²) in [5, 5.41) is 5.54. The number of ether oxygens (including phenoxy) is 1. The normalized spacial score (nSPS) is 24.0. The topological polar surface area (TPSA) is 99.6 Å². The third-order valence-corrected chi connectivity index (χ3v) is 7.60. The molecule has 0 N–H and O–H groups in total. The summed E-state index contributed by atoms with van der Waals surface area (Å²) in [6.07, 6.45) is 0.847. The van der Waals surface area contributed by atoms with Gasteiger partial charge in [-0.1, -0.05) is 12.1 Å². The summed E-state index contributed by atoms with van der Waals surface area (Å²) < 4.78 is 29.0. The van der Waals surface area contributed by atoms with E-state index in [2.05, 4.69) is 10.0 Å². The lowest BCUT2D eigenvalue weighted by Gasteiger charge is -2.37. The zero-order valence-electron chi connectivity index (χ0n) is 17.0. The number of hydrogen-bond donors (Lipinski definition) is 0. The molecule has 3 heterocycles. The van der Waals surface area contributed by atoms with Crippen molar-refractivity contribution < 1.29 is 22.7 Å². The summed E-state index contributed by atoms with van der Waals surface area (Å²) >= 11 is 0. The van der Waals surface area contributed by atoms with Gasteiger partial charge in [-0.3, -0.25) is 9.59 Å². The van der Waals surface area contributed by atoms with Crippen LogP contribution >= 0.6 is 0 Å². The number of nitrogens with zero attached hydrogens (tertiary/aromatic N) is 4. The van der Waals surface area contributed by atoms with Gasteiger partial charge in [0.15, 0.2) is 9.84 Å². The van der Waals surface area contributed by atoms with Crippen molar-refractivity contribution >= 4 is 33.1 Å². The predicted molar refractivity (Wildman–Crippen MR) is 112 cm³/mol. The molecule has 2 saturated heterocycles. The number of hydrogen-bond acceptors (Lipinski definition) is 7. The molecule has 2 fully saturated rings. The maximum atomic E-state index is 13.0. The van der Waals surface area contributed by atoms with E-state index in [1.165, 1.54) is 5.01 Å². The Kier molecular flexibility index (Phi) is 5.68. The average Bonchev–Trinajstić information content (AvgIpc) is 3.13. The Morgan fingerprint density at radius 2 is 1.87 bits per heavy atom. The van der Waals surface area contributed by atoms with Crippen LogP contribution in [0, 0.1) is 0 Å². The molecule has 0 aromatic heterocycles. The molecule has 10 heteroatoms. The number of rotatable bonds is 4. The highest BCUT2D eigenvalue weighted by Crippen LogP contribution is 2.28. The SMILES string of the molecule is COc1ccccc1N1CCN(C(=O)C2=NN(C3CCS(=O)(=O)C3)C(=O)CC2)CC1. The lowest BCUT2D eigenvalue weighted by molar-refractivity contribution is -0.134. The van der Waals surface area contributed by atoms with Crippen LogP contribution in [-0.4, -0.2) is 86.7 Å². The second-order valence-corrected chi connectivity index (χ2v) is 10.0. The van der Waals surface area contributed by atoms with E-state index in [1.54, 1.807) is 12.0 Å². The molecular formula is C20H26N4O5S. The van der Waals surface area contributed by atoms with Gasteiger partial charge in [-0.2, -0.15) is 5.10 Å². The highest BCUT2D eigenvalue weighted by atomic mass is 32.2. The summed E-state index contributed by atoms with van der Waals surface area (Å²) in [6.45, 7) is 2.43. The molecule has 30 heavy (non-hydrogen) atoms. The number of methoxy groups -OCH3 is 1. The molecule has 162 valence electrons. The maximum absolute atomic E-state index is 13.0. The van der Waals surface area contributed by atoms with Crippen molar-refractivity contribution in [2.75, 3.05) is 49.7 Å². The molecule has 0 saturated carbocycles. The molecule has 4 rings (SSSR count). The maximum Gasteiger partial charge on any atom is 0.270 e. The molecule has 0 spiro atoms. The first-order valence-electron chi connectivity index (χ1n) is 10.1. The average molecular weight is 435 g/mol. The van der Waals surface area contributed by atoms with Crippen LogP contribution in [0.1, 0.15) is 19.3 Å². The molecule has 3 aliphatic rings. The van der Waals surface area contributed by atoms with Crippen molar-refractivity contribution in [3.8, 4) is 5.75 Å². The number of sulfone groups is 1. The van der Waals surface area contributed by atoms with E-state index in [9.17, 15) is 18.0 Å². The summed E-state index contributed by atoms with van der Waals surface area (Å²) in [6, 6.07) is 7.33. The minimum Gasteiger partial charge on any atom is -0.495 e. The van der Waals surface area contributed by atoms with Crippen molar-refractivity contribution in [1.29, 1.82) is 0 Å². The Morgan fingerprint density at radius 1 is 1.13 bits per heavy atom. The Labute approximate surface area is 176 Å². The molecule has 1 atom stereocenters. The number of piperazine rings is 1. The van der Waals surface area contributed by atoms with Crippen LogP contribution in [-0.2, 0) is 19.4 Å². The number of hydrazone groups is 1. The molecule has 1 aromatic rings. The highest BCUT2D eigenvalue weighted by molar-refractivity contribution is 7.91. The van der Waals surface area contributed by atoms with E-state index in [-0.39, 0.29) is 29.7 Å². The van der Waals surface area contributed by atoms with Crippen LogP contribution < -0.4 is 9.64 Å². The van der Waals surface area contributed by atoms with E-state index in [0.29, 0.717) is 44.7 Å². The van der Waals surface area contributed by atoms with Crippen molar-refractivity contribution in [1.82, 2.24) is 9.91 Å². The van der Waals surface area contributed by atoms with Crippen molar-refractivity contribution in [3.05, 3.63) is 24.3 Å². The minimum atomic E-state index is -3.14. The first-order chi connectivity index (χ1) is 14.4. The minimum absolute atomic E-state index is 0.0607. The third kappa shape index (κ3) is 4.14. The number of para-hydroxylation sites is 2. The quantitative estimate of drug-likeness (QED) is 0.685. The molecule has 3 aliphatic heterocycles. The third-order valence-electron chi connectivity index (χ3n) is 5.85. The summed E-state index contributed by atoms with van der Waals surface area (Å²) in [5.74, 6) is 0.393. The fourth-order valence-corrected chi connectivity index (χ4v) is 5.89. The first-order valence-corrected chi connectivity index (χ1v) is 12.0. The lowest BCUT2D eigenvalue weighted by atomic mass is 10.1. The Hall–Kier alpha value is -2.62. The van der Waals surface area contributed by atoms with Gasteiger partial charge in [0, 0.05) is 39.0 Å². The van der Waals surface area contributed by atoms with Crippen LogP contribution in [0.5, 0.6) is 5.75 Å². The van der Waals surface area contributed by atoms with Gasteiger partial charge < -0.3 is 14.5 Å². The van der Waals surface area contributed by atoms with Gasteiger partial charge in [-0.25, -0.2) is 13.4 Å². The van der Waals surface area contributed by atoms with Crippen molar-refractivity contribution in [3.63, 3.8) is 0 Å². The molecular weight excluding hydrogens is 408 g/mol. The van der Waals surface area contributed by atoms with Crippen LogP contribution in [0.2, 0.25) is 0 Å². The molecule has 0 bridgehead atoms. The molecule has 0 radical (unpaired) electrons. The van der Waals surface area contributed by atoms with E-state index in [0.717, 1.165) is 11.4 Å². The fraction of sp³-hybridized carbons (Fsp3) is 0.550. The fourth-order valence-electron chi connectivity index (χ4n) is 4.20. The van der Waals surface area contributed by atoms with E-state index < -0.39 is 15.9 Å². The monoisotopic (exact) mass is 434 g/mol. The zero-order chi connectivity index (χ0) is 21.3. The summed E-state index contributed by atoms with van der Waals surface area (Å²) in [4.78, 5) is 29.2. The zero-order valence-corrected chi connectivity index (χ0v) is 17.8. The first kappa shape index (κ1) is 20.6. The smallest absolute Gasteiger partial charge is 0.270 e. The largest absolute Gasteiger partial charge is 0.495 e. The van der Waals surface area contributed by atoms with Crippen LogP contribution in [0.4, 0.5) is 5.69 Å². The molecule has 9 nitrogen and oxygen atoms in total. The van der Waals surface area contributed by atoms with Gasteiger partial charge in [0.2, 0.25) is 5.91 Å². The number of benzene rings is 1. The molecule has 2 amide bonds. The van der Waals surface area contributed by atoms with E-state index in [4.69, 9.17) is 4.74 Å². The summed E-state index contributed by atoms with van der Waals surface area (Å²) in [5.41, 5.74) is 1.34. The molecule has 0 aliphatic carbocycles. The highest BCUT2D eigenvalue weighted by Gasteiger charge is 2.38. The van der Waals surface area contributed by atoms with E-state index >= 15 is 0 Å². The predicted octanol–water partition coefficient (Wildman–Crippen LogP) is 0.509. The van der Waals surface area contributed by atoms with Gasteiger partial charge >= 0.3 is 0 Å². The second kappa shape index (κ2) is 8.25. The van der Waals surface area contributed by atoms with Gasteiger partial charge in [0.25, 0.3) is 5.91 Å². The molecule has 1 unspecified atom stereocenters. The summed E-state index contributed by atoms with van der Waals surface area (Å²) in [7, 11) is -1.50. The number of carbonyl (C=O) groups is 2.